The lowest BCUT2D eigenvalue weighted by Crippen LogP contribution is -2.42. The van der Waals surface area contributed by atoms with E-state index in [1.54, 1.807) is 60.6 Å². The number of carbonyl (C=O) groups excluding carboxylic acids is 3. The Morgan fingerprint density at radius 2 is 1.61 bits per heavy atom. The number of benzene rings is 1. The molecule has 0 bridgehead atoms. The van der Waals surface area contributed by atoms with Crippen molar-refractivity contribution >= 4 is 23.7 Å². The van der Waals surface area contributed by atoms with Gasteiger partial charge >= 0.3 is 12.1 Å². The minimum Gasteiger partial charge on any atom is -0.506 e. The number of aromatic hydroxyl groups is 1. The molecule has 0 radical (unpaired) electrons. The lowest BCUT2D eigenvalue weighted by Gasteiger charge is -2.27. The number of rotatable bonds is 8. The summed E-state index contributed by atoms with van der Waals surface area (Å²) in [6, 6.07) is 3.53. The number of carbonyl (C=O) groups is 3. The van der Waals surface area contributed by atoms with E-state index in [1.807, 2.05) is 0 Å². The fourth-order valence-corrected chi connectivity index (χ4v) is 2.93. The Kier molecular flexibility index (Phi) is 9.71. The zero-order valence-electron chi connectivity index (χ0n) is 20.9. The zero-order chi connectivity index (χ0) is 25.6. The maximum Gasteiger partial charge on any atom is 0.407 e. The second-order valence-electron chi connectivity index (χ2n) is 10.3. The van der Waals surface area contributed by atoms with Crippen molar-refractivity contribution in [1.29, 1.82) is 0 Å². The van der Waals surface area contributed by atoms with Crippen molar-refractivity contribution in [3.8, 4) is 5.75 Å². The molecule has 0 fully saturated rings. The van der Waals surface area contributed by atoms with Crippen LogP contribution in [-0.4, -0.2) is 46.4 Å². The van der Waals surface area contributed by atoms with E-state index in [2.05, 4.69) is 10.6 Å². The van der Waals surface area contributed by atoms with Crippen LogP contribution >= 0.6 is 0 Å². The van der Waals surface area contributed by atoms with E-state index in [4.69, 9.17) is 15.2 Å². The number of hydrogen-bond acceptors (Lipinski definition) is 7. The minimum atomic E-state index is -0.746. The van der Waals surface area contributed by atoms with Gasteiger partial charge in [-0.25, -0.2) is 4.79 Å². The summed E-state index contributed by atoms with van der Waals surface area (Å²) in [5.74, 6) is -1.40. The van der Waals surface area contributed by atoms with Gasteiger partial charge in [-0.15, -0.1) is 0 Å². The maximum atomic E-state index is 12.5. The first kappa shape index (κ1) is 28.2. The van der Waals surface area contributed by atoms with Crippen molar-refractivity contribution in [3.63, 3.8) is 0 Å². The summed E-state index contributed by atoms with van der Waals surface area (Å²) in [4.78, 5) is 36.8. The summed E-state index contributed by atoms with van der Waals surface area (Å²) >= 11 is 0. The highest BCUT2D eigenvalue weighted by molar-refractivity contribution is 5.95. The molecule has 0 aliphatic heterocycles. The van der Waals surface area contributed by atoms with Crippen molar-refractivity contribution in [2.24, 2.45) is 11.7 Å². The van der Waals surface area contributed by atoms with E-state index >= 15 is 0 Å². The average molecular weight is 466 g/mol. The molecule has 3 unspecified atom stereocenters. The standard InChI is InChI=1S/C24H39N3O6/c1-14(21(30)32-23(3,4)5)11-17(26-22(31)33-24(6,7)8)12-16-9-10-19(28)18(13-16)27-20(29)15(2)25/h9-10,13-15,17,28H,11-12,25H2,1-8H3,(H,26,31)(H,27,29). The smallest absolute Gasteiger partial charge is 0.407 e. The van der Waals surface area contributed by atoms with Gasteiger partial charge in [0.25, 0.3) is 0 Å². The molecule has 0 aliphatic rings. The first-order valence-electron chi connectivity index (χ1n) is 11.1. The highest BCUT2D eigenvalue weighted by Gasteiger charge is 2.27. The Labute approximate surface area is 196 Å². The summed E-state index contributed by atoms with van der Waals surface area (Å²) in [5, 5.41) is 15.5. The third-order valence-electron chi connectivity index (χ3n) is 4.38. The van der Waals surface area contributed by atoms with Crippen LogP contribution in [0.3, 0.4) is 0 Å². The molecule has 9 heteroatoms. The molecule has 33 heavy (non-hydrogen) atoms. The van der Waals surface area contributed by atoms with Crippen LogP contribution < -0.4 is 16.4 Å². The molecule has 1 aromatic carbocycles. The van der Waals surface area contributed by atoms with E-state index in [0.717, 1.165) is 5.56 Å². The van der Waals surface area contributed by atoms with Crippen molar-refractivity contribution in [2.75, 3.05) is 5.32 Å². The van der Waals surface area contributed by atoms with Gasteiger partial charge in [-0.3, -0.25) is 9.59 Å². The van der Waals surface area contributed by atoms with E-state index in [1.165, 1.54) is 13.0 Å². The molecule has 0 saturated carbocycles. The number of alkyl carbamates (subject to hydrolysis) is 1. The van der Waals surface area contributed by atoms with Gasteiger partial charge in [0, 0.05) is 6.04 Å². The number of ether oxygens (including phenoxy) is 2. The molecule has 5 N–H and O–H groups in total. The highest BCUT2D eigenvalue weighted by atomic mass is 16.6. The first-order chi connectivity index (χ1) is 15.0. The fraction of sp³-hybridized carbons (Fsp3) is 0.625. The lowest BCUT2D eigenvalue weighted by atomic mass is 9.95. The van der Waals surface area contributed by atoms with Crippen LogP contribution in [0.4, 0.5) is 10.5 Å². The molecule has 0 saturated heterocycles. The fourth-order valence-electron chi connectivity index (χ4n) is 2.93. The summed E-state index contributed by atoms with van der Waals surface area (Å²) in [6.45, 7) is 13.9. The predicted octanol–water partition coefficient (Wildman–Crippen LogP) is 3.48. The van der Waals surface area contributed by atoms with Crippen LogP contribution in [0.1, 0.15) is 67.4 Å². The summed E-state index contributed by atoms with van der Waals surface area (Å²) in [5.41, 5.74) is 5.23. The second-order valence-corrected chi connectivity index (χ2v) is 10.3. The SMILES string of the molecule is CC(N)C(=O)Nc1cc(CC(CC(C)C(=O)OC(C)(C)C)NC(=O)OC(C)(C)C)ccc1O. The van der Waals surface area contributed by atoms with Gasteiger partial charge in [-0.05, 0) is 79.0 Å². The third-order valence-corrected chi connectivity index (χ3v) is 4.38. The molecule has 0 aliphatic carbocycles. The highest BCUT2D eigenvalue weighted by Crippen LogP contribution is 2.26. The Hall–Kier alpha value is -2.81. The number of nitrogens with two attached hydrogens (primary N) is 1. The number of amides is 2. The number of phenolic OH excluding ortho intramolecular Hbond substituents is 1. The predicted molar refractivity (Wildman–Crippen MR) is 127 cm³/mol. The van der Waals surface area contributed by atoms with Crippen LogP contribution in [0.2, 0.25) is 0 Å². The monoisotopic (exact) mass is 465 g/mol. The quantitative estimate of drug-likeness (QED) is 0.340. The van der Waals surface area contributed by atoms with E-state index < -0.39 is 41.2 Å². The number of nitrogens with one attached hydrogen (secondary N) is 2. The van der Waals surface area contributed by atoms with Crippen molar-refractivity contribution < 1.29 is 29.0 Å². The maximum absolute atomic E-state index is 12.5. The molecule has 9 nitrogen and oxygen atoms in total. The van der Waals surface area contributed by atoms with E-state index in [-0.39, 0.29) is 17.4 Å². The second kappa shape index (κ2) is 11.4. The molecule has 3 atom stereocenters. The van der Waals surface area contributed by atoms with Crippen LogP contribution in [0.5, 0.6) is 5.75 Å². The summed E-state index contributed by atoms with van der Waals surface area (Å²) < 4.78 is 10.8. The van der Waals surface area contributed by atoms with Crippen LogP contribution in [0.15, 0.2) is 18.2 Å². The Balaban J connectivity index is 3.07. The van der Waals surface area contributed by atoms with Crippen molar-refractivity contribution in [2.45, 2.75) is 91.5 Å². The van der Waals surface area contributed by atoms with E-state index in [9.17, 15) is 19.5 Å². The molecule has 186 valence electrons. The van der Waals surface area contributed by atoms with Crippen molar-refractivity contribution in [3.05, 3.63) is 23.8 Å². The first-order valence-corrected chi connectivity index (χ1v) is 11.1. The molecule has 0 spiro atoms. The Morgan fingerprint density at radius 3 is 2.12 bits per heavy atom. The zero-order valence-corrected chi connectivity index (χ0v) is 20.9. The van der Waals surface area contributed by atoms with Gasteiger partial charge in [-0.1, -0.05) is 13.0 Å². The van der Waals surface area contributed by atoms with Crippen LogP contribution in [-0.2, 0) is 25.5 Å². The van der Waals surface area contributed by atoms with Gasteiger partial charge in [0.05, 0.1) is 17.6 Å². The van der Waals surface area contributed by atoms with Crippen LogP contribution in [0, 0.1) is 5.92 Å². The molecular weight excluding hydrogens is 426 g/mol. The number of esters is 1. The van der Waals surface area contributed by atoms with Gasteiger partial charge in [0.1, 0.15) is 17.0 Å². The van der Waals surface area contributed by atoms with Crippen molar-refractivity contribution in [1.82, 2.24) is 5.32 Å². The largest absolute Gasteiger partial charge is 0.506 e. The molecule has 2 amide bonds. The normalized spacial score (nSPS) is 14.6. The Morgan fingerprint density at radius 1 is 1.03 bits per heavy atom. The molecule has 1 rings (SSSR count). The Bertz CT molecular complexity index is 840. The summed E-state index contributed by atoms with van der Waals surface area (Å²) in [6.07, 6.45) is 0.0257. The van der Waals surface area contributed by atoms with Crippen LogP contribution in [0.25, 0.3) is 0 Å². The average Bonchev–Trinajstić information content (AvgIpc) is 2.61. The summed E-state index contributed by atoms with van der Waals surface area (Å²) in [7, 11) is 0. The lowest BCUT2D eigenvalue weighted by molar-refractivity contribution is -0.159. The molecular formula is C24H39N3O6. The van der Waals surface area contributed by atoms with E-state index in [0.29, 0.717) is 12.8 Å². The third kappa shape index (κ3) is 11.1. The van der Waals surface area contributed by atoms with Gasteiger partial charge in [0.15, 0.2) is 0 Å². The van der Waals surface area contributed by atoms with Gasteiger partial charge in [-0.2, -0.15) is 0 Å². The topological polar surface area (TPSA) is 140 Å². The minimum absolute atomic E-state index is 0.105. The molecule has 0 aromatic heterocycles. The number of hydrogen-bond donors (Lipinski definition) is 4. The molecule has 1 aromatic rings. The molecule has 0 heterocycles. The number of phenols is 1. The van der Waals surface area contributed by atoms with Gasteiger partial charge in [0.2, 0.25) is 5.91 Å². The van der Waals surface area contributed by atoms with Gasteiger partial charge < -0.3 is 30.9 Å². The number of anilines is 1.